The molecule has 0 saturated carbocycles. The van der Waals surface area contributed by atoms with E-state index >= 15 is 0 Å². The monoisotopic (exact) mass is 365 g/mol. The quantitative estimate of drug-likeness (QED) is 0.311. The lowest BCUT2D eigenvalue weighted by Crippen LogP contribution is -2.53. The number of nitrogens with zero attached hydrogens (tertiary/aromatic N) is 3. The molecule has 4 N–H and O–H groups in total. The van der Waals surface area contributed by atoms with Gasteiger partial charge in [-0.1, -0.05) is 46.6 Å². The van der Waals surface area contributed by atoms with Gasteiger partial charge in [0.25, 0.3) is 5.91 Å². The fourth-order valence-corrected chi connectivity index (χ4v) is 2.46. The first-order valence-corrected chi connectivity index (χ1v) is 9.40. The van der Waals surface area contributed by atoms with Crippen LogP contribution in [-0.4, -0.2) is 34.8 Å². The van der Waals surface area contributed by atoms with Gasteiger partial charge in [0.05, 0.1) is 0 Å². The van der Waals surface area contributed by atoms with E-state index in [9.17, 15) is 4.79 Å². The maximum absolute atomic E-state index is 12.3. The number of aliphatic imine (C=N–C) groups is 2. The molecule has 0 spiro atoms. The van der Waals surface area contributed by atoms with Gasteiger partial charge in [0.1, 0.15) is 0 Å². The molecule has 0 heterocycles. The molecule has 0 aliphatic rings. The first-order valence-electron chi connectivity index (χ1n) is 9.40. The minimum atomic E-state index is -0.531. The van der Waals surface area contributed by atoms with Crippen molar-refractivity contribution in [3.63, 3.8) is 0 Å². The molecule has 26 heavy (non-hydrogen) atoms. The maximum atomic E-state index is 12.3. The zero-order valence-electron chi connectivity index (χ0n) is 17.9. The van der Waals surface area contributed by atoms with Crippen molar-refractivity contribution in [3.8, 4) is 0 Å². The summed E-state index contributed by atoms with van der Waals surface area (Å²) in [6.45, 7) is 18.4. The number of rotatable bonds is 7. The molecule has 0 radical (unpaired) electrons. The van der Waals surface area contributed by atoms with Gasteiger partial charge in [-0.3, -0.25) is 14.7 Å². The van der Waals surface area contributed by atoms with Crippen molar-refractivity contribution in [1.82, 2.24) is 4.90 Å². The van der Waals surface area contributed by atoms with Crippen molar-refractivity contribution in [2.24, 2.45) is 26.9 Å². The van der Waals surface area contributed by atoms with Gasteiger partial charge in [-0.25, -0.2) is 0 Å². The van der Waals surface area contributed by atoms with Crippen molar-refractivity contribution >= 4 is 17.8 Å². The molecule has 0 aliphatic carbocycles. The van der Waals surface area contributed by atoms with Crippen LogP contribution in [0.15, 0.2) is 22.1 Å². The Kier molecular flexibility index (Phi) is 9.60. The second kappa shape index (κ2) is 10.3. The minimum absolute atomic E-state index is 0.0388. The summed E-state index contributed by atoms with van der Waals surface area (Å²) in [4.78, 5) is 22.1. The molecule has 0 atom stereocenters. The third-order valence-electron chi connectivity index (χ3n) is 3.81. The molecule has 6 heteroatoms. The standard InChI is InChI=1S/C20H39N5O/c1-15(2)16(26)25(20(6,7)8)18(22)24-17(21)23-14-12-10-9-11-13-19(3,4)5/h1,9-14H2,2-8H3,(H4,21,22,23,24). The van der Waals surface area contributed by atoms with Crippen LogP contribution in [-0.2, 0) is 4.79 Å². The Hall–Kier alpha value is -1.85. The summed E-state index contributed by atoms with van der Waals surface area (Å²) in [6.07, 6.45) is 5.75. The summed E-state index contributed by atoms with van der Waals surface area (Å²) in [7, 11) is 0. The zero-order chi connectivity index (χ0) is 20.5. The highest BCUT2D eigenvalue weighted by Gasteiger charge is 2.30. The normalized spacial score (nSPS) is 13.7. The van der Waals surface area contributed by atoms with E-state index in [4.69, 9.17) is 11.5 Å². The van der Waals surface area contributed by atoms with E-state index in [-0.39, 0.29) is 17.8 Å². The summed E-state index contributed by atoms with van der Waals surface area (Å²) >= 11 is 0. The van der Waals surface area contributed by atoms with Crippen LogP contribution < -0.4 is 11.5 Å². The van der Waals surface area contributed by atoms with Crippen molar-refractivity contribution < 1.29 is 4.79 Å². The molecule has 0 aliphatic heterocycles. The summed E-state index contributed by atoms with van der Waals surface area (Å²) in [5, 5.41) is 0. The Morgan fingerprint density at radius 2 is 1.54 bits per heavy atom. The number of unbranched alkanes of at least 4 members (excludes halogenated alkanes) is 3. The van der Waals surface area contributed by atoms with Crippen LogP contribution in [0.4, 0.5) is 0 Å². The van der Waals surface area contributed by atoms with Crippen LogP contribution in [0.25, 0.3) is 0 Å². The molecular formula is C20H39N5O. The first kappa shape index (κ1) is 24.1. The van der Waals surface area contributed by atoms with E-state index in [0.717, 1.165) is 12.8 Å². The Labute approximate surface area is 159 Å². The average molecular weight is 366 g/mol. The number of hydrogen-bond donors (Lipinski definition) is 2. The summed E-state index contributed by atoms with van der Waals surface area (Å²) in [6, 6.07) is 0. The molecule has 150 valence electrons. The third-order valence-corrected chi connectivity index (χ3v) is 3.81. The summed E-state index contributed by atoms with van der Waals surface area (Å²) in [5.41, 5.74) is 12.1. The number of hydrogen-bond acceptors (Lipinski definition) is 2. The van der Waals surface area contributed by atoms with E-state index in [0.29, 0.717) is 17.5 Å². The zero-order valence-corrected chi connectivity index (χ0v) is 17.9. The Morgan fingerprint density at radius 3 is 2.00 bits per heavy atom. The van der Waals surface area contributed by atoms with Gasteiger partial charge >= 0.3 is 0 Å². The van der Waals surface area contributed by atoms with Crippen LogP contribution in [0.3, 0.4) is 0 Å². The molecule has 0 aromatic rings. The van der Waals surface area contributed by atoms with Crippen LogP contribution in [0.1, 0.15) is 80.6 Å². The lowest BCUT2D eigenvalue weighted by atomic mass is 9.89. The lowest BCUT2D eigenvalue weighted by molar-refractivity contribution is -0.126. The van der Waals surface area contributed by atoms with E-state index in [2.05, 4.69) is 37.3 Å². The molecule has 0 aromatic heterocycles. The highest BCUT2D eigenvalue weighted by atomic mass is 16.2. The fraction of sp³-hybridized carbons (Fsp3) is 0.750. The van der Waals surface area contributed by atoms with E-state index in [1.54, 1.807) is 6.92 Å². The third kappa shape index (κ3) is 10.2. The van der Waals surface area contributed by atoms with Gasteiger partial charge in [-0.15, -0.1) is 0 Å². The van der Waals surface area contributed by atoms with Gasteiger partial charge in [-0.05, 0) is 46.0 Å². The second-order valence-electron chi connectivity index (χ2n) is 9.03. The molecule has 0 aromatic carbocycles. The van der Waals surface area contributed by atoms with Crippen molar-refractivity contribution in [3.05, 3.63) is 12.2 Å². The molecular weight excluding hydrogens is 326 g/mol. The SMILES string of the molecule is C=C(C)C(=O)N(C(N)=NC(N)=NCCCCCCC(C)(C)C)C(C)(C)C. The van der Waals surface area contributed by atoms with Crippen molar-refractivity contribution in [1.29, 1.82) is 0 Å². The second-order valence-corrected chi connectivity index (χ2v) is 9.03. The fourth-order valence-electron chi connectivity index (χ4n) is 2.46. The first-order chi connectivity index (χ1) is 11.8. The van der Waals surface area contributed by atoms with Crippen molar-refractivity contribution in [2.45, 2.75) is 86.1 Å². The van der Waals surface area contributed by atoms with Crippen LogP contribution in [0.5, 0.6) is 0 Å². The van der Waals surface area contributed by atoms with E-state index in [1.165, 1.54) is 24.2 Å². The summed E-state index contributed by atoms with van der Waals surface area (Å²) < 4.78 is 0. The maximum Gasteiger partial charge on any atom is 0.256 e. The van der Waals surface area contributed by atoms with Gasteiger partial charge < -0.3 is 11.5 Å². The summed E-state index contributed by atoms with van der Waals surface area (Å²) in [5.74, 6) is -0.136. The average Bonchev–Trinajstić information content (AvgIpc) is 2.43. The Balaban J connectivity index is 4.63. The van der Waals surface area contributed by atoms with Gasteiger partial charge in [0, 0.05) is 17.7 Å². The molecule has 1 amide bonds. The van der Waals surface area contributed by atoms with E-state index in [1.807, 2.05) is 20.8 Å². The van der Waals surface area contributed by atoms with Gasteiger partial charge in [0.2, 0.25) is 11.9 Å². The molecule has 6 nitrogen and oxygen atoms in total. The van der Waals surface area contributed by atoms with Crippen molar-refractivity contribution in [2.75, 3.05) is 6.54 Å². The van der Waals surface area contributed by atoms with Crippen LogP contribution in [0, 0.1) is 5.41 Å². The molecule has 0 fully saturated rings. The number of amides is 1. The van der Waals surface area contributed by atoms with Gasteiger partial charge in [-0.2, -0.15) is 4.99 Å². The predicted molar refractivity (Wildman–Crippen MR) is 112 cm³/mol. The van der Waals surface area contributed by atoms with E-state index < -0.39 is 5.54 Å². The highest BCUT2D eigenvalue weighted by molar-refractivity contribution is 6.07. The number of nitrogens with two attached hydrogens (primary N) is 2. The smallest absolute Gasteiger partial charge is 0.256 e. The topological polar surface area (TPSA) is 97.1 Å². The predicted octanol–water partition coefficient (Wildman–Crippen LogP) is 3.82. The highest BCUT2D eigenvalue weighted by Crippen LogP contribution is 2.22. The Morgan fingerprint density at radius 1 is 1.00 bits per heavy atom. The molecule has 0 unspecified atom stereocenters. The van der Waals surface area contributed by atoms with Gasteiger partial charge in [0.15, 0.2) is 0 Å². The Bertz CT molecular complexity index is 535. The molecule has 0 rings (SSSR count). The number of carbonyl (C=O) groups excluding carboxylic acids is 1. The number of carbonyl (C=O) groups is 1. The largest absolute Gasteiger partial charge is 0.369 e. The number of guanidine groups is 2. The molecule has 0 saturated heterocycles. The lowest BCUT2D eigenvalue weighted by Gasteiger charge is -2.34. The van der Waals surface area contributed by atoms with Crippen LogP contribution >= 0.6 is 0 Å². The molecule has 0 bridgehead atoms. The van der Waals surface area contributed by atoms with Crippen LogP contribution in [0.2, 0.25) is 0 Å². The minimum Gasteiger partial charge on any atom is -0.369 e.